The molecule has 15 heavy (non-hydrogen) atoms. The number of rotatable bonds is 2. The van der Waals surface area contributed by atoms with Crippen LogP contribution in [0.5, 0.6) is 0 Å². The Bertz CT molecular complexity index is 332. The van der Waals surface area contributed by atoms with Gasteiger partial charge in [-0.25, -0.2) is 0 Å². The summed E-state index contributed by atoms with van der Waals surface area (Å²) in [5, 5.41) is 13.6. The first-order chi connectivity index (χ1) is 7.18. The summed E-state index contributed by atoms with van der Waals surface area (Å²) in [5.74, 6) is 0. The predicted octanol–water partition coefficient (Wildman–Crippen LogP) is 1.05. The Kier molecular flexibility index (Phi) is 3.03. The first-order valence-electron chi connectivity index (χ1n) is 5.52. The summed E-state index contributed by atoms with van der Waals surface area (Å²) in [6, 6.07) is 2.10. The lowest BCUT2D eigenvalue weighted by Gasteiger charge is -2.32. The molecule has 1 aliphatic heterocycles. The molecule has 0 atom stereocenters. The quantitative estimate of drug-likeness (QED) is 0.760. The molecule has 1 aliphatic rings. The average molecular weight is 206 g/mol. The summed E-state index contributed by atoms with van der Waals surface area (Å²) in [4.78, 5) is 4.15. The zero-order chi connectivity index (χ0) is 10.7. The summed E-state index contributed by atoms with van der Waals surface area (Å²) < 4.78 is 0. The van der Waals surface area contributed by atoms with Crippen molar-refractivity contribution in [2.75, 3.05) is 13.1 Å². The van der Waals surface area contributed by atoms with Crippen LogP contribution in [0.4, 0.5) is 0 Å². The van der Waals surface area contributed by atoms with E-state index in [-0.39, 0.29) is 0 Å². The molecule has 2 rings (SSSR count). The number of aromatic nitrogens is 1. The number of piperidine rings is 1. The van der Waals surface area contributed by atoms with E-state index in [0.29, 0.717) is 0 Å². The Labute approximate surface area is 90.5 Å². The van der Waals surface area contributed by atoms with Crippen molar-refractivity contribution in [1.82, 2.24) is 10.3 Å². The maximum absolute atomic E-state index is 10.3. The van der Waals surface area contributed by atoms with Crippen LogP contribution in [0, 0.1) is 6.92 Å². The molecule has 0 spiro atoms. The normalized spacial score (nSPS) is 20.1. The van der Waals surface area contributed by atoms with Gasteiger partial charge in [0.2, 0.25) is 0 Å². The van der Waals surface area contributed by atoms with Crippen molar-refractivity contribution in [3.63, 3.8) is 0 Å². The summed E-state index contributed by atoms with van der Waals surface area (Å²) in [6.07, 6.45) is 6.09. The molecule has 0 amide bonds. The fourth-order valence-electron chi connectivity index (χ4n) is 2.16. The topological polar surface area (TPSA) is 45.2 Å². The van der Waals surface area contributed by atoms with Crippen LogP contribution in [-0.2, 0) is 6.42 Å². The number of hydrogen-bond donors (Lipinski definition) is 2. The van der Waals surface area contributed by atoms with Crippen molar-refractivity contribution < 1.29 is 5.11 Å². The van der Waals surface area contributed by atoms with E-state index in [1.54, 1.807) is 0 Å². The van der Waals surface area contributed by atoms with E-state index in [1.807, 2.05) is 19.3 Å². The lowest BCUT2D eigenvalue weighted by atomic mass is 9.86. The van der Waals surface area contributed by atoms with Gasteiger partial charge in [-0.15, -0.1) is 0 Å². The molecule has 1 fully saturated rings. The van der Waals surface area contributed by atoms with Crippen LogP contribution >= 0.6 is 0 Å². The van der Waals surface area contributed by atoms with E-state index in [1.165, 1.54) is 0 Å². The molecule has 0 aliphatic carbocycles. The Morgan fingerprint density at radius 3 is 2.80 bits per heavy atom. The Morgan fingerprint density at radius 1 is 1.40 bits per heavy atom. The van der Waals surface area contributed by atoms with Gasteiger partial charge in [0.15, 0.2) is 0 Å². The van der Waals surface area contributed by atoms with Gasteiger partial charge in [-0.05, 0) is 44.0 Å². The second kappa shape index (κ2) is 4.29. The van der Waals surface area contributed by atoms with Crippen molar-refractivity contribution in [1.29, 1.82) is 0 Å². The average Bonchev–Trinajstić information content (AvgIpc) is 2.18. The molecule has 2 N–H and O–H groups in total. The van der Waals surface area contributed by atoms with Crippen LogP contribution in [0.25, 0.3) is 0 Å². The summed E-state index contributed by atoms with van der Waals surface area (Å²) in [7, 11) is 0. The molecule has 0 unspecified atom stereocenters. The highest BCUT2D eigenvalue weighted by Gasteiger charge is 2.29. The van der Waals surface area contributed by atoms with Crippen LogP contribution in [-0.4, -0.2) is 28.8 Å². The van der Waals surface area contributed by atoms with Crippen LogP contribution in [0.3, 0.4) is 0 Å². The lowest BCUT2D eigenvalue weighted by molar-refractivity contribution is 0.0108. The van der Waals surface area contributed by atoms with Crippen molar-refractivity contribution in [2.45, 2.75) is 31.8 Å². The number of aryl methyl sites for hydroxylation is 1. The smallest absolute Gasteiger partial charge is 0.0712 e. The maximum atomic E-state index is 10.3. The third kappa shape index (κ3) is 2.76. The van der Waals surface area contributed by atoms with Gasteiger partial charge in [-0.2, -0.15) is 0 Å². The van der Waals surface area contributed by atoms with Gasteiger partial charge in [0, 0.05) is 18.8 Å². The largest absolute Gasteiger partial charge is 0.389 e. The Morgan fingerprint density at radius 2 is 2.13 bits per heavy atom. The van der Waals surface area contributed by atoms with Gasteiger partial charge in [-0.3, -0.25) is 4.98 Å². The Hall–Kier alpha value is -0.930. The van der Waals surface area contributed by atoms with Gasteiger partial charge in [0.25, 0.3) is 0 Å². The van der Waals surface area contributed by atoms with Crippen molar-refractivity contribution >= 4 is 0 Å². The van der Waals surface area contributed by atoms with Crippen LogP contribution in [0.2, 0.25) is 0 Å². The van der Waals surface area contributed by atoms with Crippen molar-refractivity contribution in [2.24, 2.45) is 0 Å². The van der Waals surface area contributed by atoms with Gasteiger partial charge < -0.3 is 10.4 Å². The van der Waals surface area contributed by atoms with E-state index < -0.39 is 5.60 Å². The van der Waals surface area contributed by atoms with Gasteiger partial charge in [0.05, 0.1) is 5.60 Å². The molecule has 1 aromatic rings. The minimum atomic E-state index is -0.527. The number of hydrogen-bond acceptors (Lipinski definition) is 3. The van der Waals surface area contributed by atoms with Crippen molar-refractivity contribution in [3.8, 4) is 0 Å². The third-order valence-corrected chi connectivity index (χ3v) is 3.00. The first kappa shape index (κ1) is 10.6. The van der Waals surface area contributed by atoms with Gasteiger partial charge in [-0.1, -0.05) is 6.07 Å². The molecular weight excluding hydrogens is 188 g/mol. The number of aliphatic hydroxyl groups is 1. The molecule has 82 valence electrons. The minimum Gasteiger partial charge on any atom is -0.389 e. The molecule has 3 heteroatoms. The second-order valence-corrected chi connectivity index (χ2v) is 4.52. The zero-order valence-corrected chi connectivity index (χ0v) is 9.16. The third-order valence-electron chi connectivity index (χ3n) is 3.00. The van der Waals surface area contributed by atoms with E-state index in [0.717, 1.165) is 43.5 Å². The lowest BCUT2D eigenvalue weighted by Crippen LogP contribution is -2.43. The van der Waals surface area contributed by atoms with Crippen LogP contribution in [0.15, 0.2) is 18.5 Å². The number of nitrogens with one attached hydrogen (secondary N) is 1. The number of pyridine rings is 1. The second-order valence-electron chi connectivity index (χ2n) is 4.52. The number of nitrogens with zero attached hydrogens (tertiary/aromatic N) is 1. The molecule has 2 heterocycles. The fraction of sp³-hybridized carbons (Fsp3) is 0.583. The Balaban J connectivity index is 2.06. The van der Waals surface area contributed by atoms with Crippen LogP contribution in [0.1, 0.15) is 24.0 Å². The molecule has 1 saturated heterocycles. The molecule has 1 aromatic heterocycles. The zero-order valence-electron chi connectivity index (χ0n) is 9.16. The maximum Gasteiger partial charge on any atom is 0.0712 e. The van der Waals surface area contributed by atoms with E-state index in [4.69, 9.17) is 0 Å². The summed E-state index contributed by atoms with van der Waals surface area (Å²) in [6.45, 7) is 3.86. The molecule has 0 bridgehead atoms. The van der Waals surface area contributed by atoms with Gasteiger partial charge in [0.1, 0.15) is 0 Å². The standard InChI is InChI=1S/C12H18N2O/c1-10-6-11(9-14-8-10)7-12(15)2-4-13-5-3-12/h6,8-9,13,15H,2-5,7H2,1H3. The molecule has 3 nitrogen and oxygen atoms in total. The van der Waals surface area contributed by atoms with Crippen molar-refractivity contribution in [3.05, 3.63) is 29.6 Å². The highest BCUT2D eigenvalue weighted by atomic mass is 16.3. The highest BCUT2D eigenvalue weighted by Crippen LogP contribution is 2.23. The first-order valence-corrected chi connectivity index (χ1v) is 5.52. The van der Waals surface area contributed by atoms with Crippen LogP contribution < -0.4 is 5.32 Å². The summed E-state index contributed by atoms with van der Waals surface area (Å²) in [5.41, 5.74) is 1.77. The fourth-order valence-corrected chi connectivity index (χ4v) is 2.16. The molecule has 0 radical (unpaired) electrons. The molecular formula is C12H18N2O. The van der Waals surface area contributed by atoms with E-state index in [9.17, 15) is 5.11 Å². The predicted molar refractivity (Wildman–Crippen MR) is 59.7 cm³/mol. The van der Waals surface area contributed by atoms with Gasteiger partial charge >= 0.3 is 0 Å². The van der Waals surface area contributed by atoms with E-state index in [2.05, 4.69) is 16.4 Å². The minimum absolute atomic E-state index is 0.527. The summed E-state index contributed by atoms with van der Waals surface area (Å²) >= 11 is 0. The molecule has 0 aromatic carbocycles. The highest BCUT2D eigenvalue weighted by molar-refractivity contribution is 5.18. The SMILES string of the molecule is Cc1cncc(CC2(O)CCNCC2)c1. The van der Waals surface area contributed by atoms with E-state index >= 15 is 0 Å². The molecule has 0 saturated carbocycles. The monoisotopic (exact) mass is 206 g/mol.